The Kier molecular flexibility index (Phi) is 3.55. The van der Waals surface area contributed by atoms with Crippen LogP contribution in [0.2, 0.25) is 0 Å². The molecule has 0 bridgehead atoms. The summed E-state index contributed by atoms with van der Waals surface area (Å²) >= 11 is 0. The summed E-state index contributed by atoms with van der Waals surface area (Å²) in [5.74, 6) is -1.29. The molecule has 2 unspecified atom stereocenters. The number of amides is 1. The van der Waals surface area contributed by atoms with E-state index in [4.69, 9.17) is 0 Å². The van der Waals surface area contributed by atoms with E-state index in [0.29, 0.717) is 5.69 Å². The molecule has 0 aliphatic carbocycles. The van der Waals surface area contributed by atoms with Gasteiger partial charge in [-0.05, 0) is 24.6 Å². The molecule has 0 saturated heterocycles. The Hall–Kier alpha value is -2.82. The Morgan fingerprint density at radius 1 is 1.14 bits per heavy atom. The zero-order valence-corrected chi connectivity index (χ0v) is 12.1. The van der Waals surface area contributed by atoms with E-state index in [0.717, 1.165) is 11.3 Å². The van der Waals surface area contributed by atoms with E-state index in [1.54, 1.807) is 12.1 Å². The molecule has 0 fully saturated rings. The summed E-state index contributed by atoms with van der Waals surface area (Å²) in [6.45, 7) is 1.52. The van der Waals surface area contributed by atoms with Crippen LogP contribution in [0.25, 0.3) is 0 Å². The second kappa shape index (κ2) is 5.52. The molecule has 5 nitrogen and oxygen atoms in total. The smallest absolute Gasteiger partial charge is 0.326 e. The molecule has 1 amide bonds. The monoisotopic (exact) mass is 296 g/mol. The van der Waals surface area contributed by atoms with Crippen molar-refractivity contribution in [2.75, 3.05) is 10.2 Å². The zero-order valence-electron chi connectivity index (χ0n) is 12.1. The topological polar surface area (TPSA) is 69.6 Å². The third kappa shape index (κ3) is 2.30. The van der Waals surface area contributed by atoms with Crippen LogP contribution in [0.5, 0.6) is 0 Å². The third-order valence-electron chi connectivity index (χ3n) is 3.83. The molecule has 0 aromatic heterocycles. The Labute approximate surface area is 128 Å². The highest BCUT2D eigenvalue weighted by atomic mass is 16.4. The maximum Gasteiger partial charge on any atom is 0.326 e. The average Bonchev–Trinajstić information content (AvgIpc) is 2.54. The summed E-state index contributed by atoms with van der Waals surface area (Å²) < 4.78 is 0. The minimum atomic E-state index is -1.03. The van der Waals surface area contributed by atoms with Crippen LogP contribution in [-0.2, 0) is 9.59 Å². The van der Waals surface area contributed by atoms with Gasteiger partial charge in [0.15, 0.2) is 0 Å². The number of hydrogen-bond acceptors (Lipinski definition) is 3. The fraction of sp³-hybridized carbons (Fsp3) is 0.176. The van der Waals surface area contributed by atoms with Gasteiger partial charge in [-0.15, -0.1) is 0 Å². The van der Waals surface area contributed by atoms with E-state index in [1.807, 2.05) is 42.5 Å². The first-order valence-corrected chi connectivity index (χ1v) is 7.06. The van der Waals surface area contributed by atoms with Crippen LogP contribution < -0.4 is 10.2 Å². The quantitative estimate of drug-likeness (QED) is 0.913. The van der Waals surface area contributed by atoms with Crippen molar-refractivity contribution in [3.63, 3.8) is 0 Å². The first-order chi connectivity index (χ1) is 10.6. The normalized spacial score (nSPS) is 18.3. The molecule has 2 atom stereocenters. The van der Waals surface area contributed by atoms with Gasteiger partial charge < -0.3 is 10.4 Å². The summed E-state index contributed by atoms with van der Waals surface area (Å²) in [6, 6.07) is 15.0. The number of carboxylic acid groups (broad SMARTS) is 1. The van der Waals surface area contributed by atoms with Crippen LogP contribution in [0.15, 0.2) is 54.6 Å². The largest absolute Gasteiger partial charge is 0.480 e. The van der Waals surface area contributed by atoms with E-state index in [1.165, 1.54) is 11.8 Å². The van der Waals surface area contributed by atoms with Gasteiger partial charge in [-0.3, -0.25) is 9.69 Å². The van der Waals surface area contributed by atoms with Crippen LogP contribution in [0.4, 0.5) is 11.4 Å². The number of nitrogens with zero attached hydrogens (tertiary/aromatic N) is 1. The molecule has 2 aromatic carbocycles. The van der Waals surface area contributed by atoms with Gasteiger partial charge in [-0.2, -0.15) is 0 Å². The van der Waals surface area contributed by atoms with Crippen LogP contribution in [0.3, 0.4) is 0 Å². The van der Waals surface area contributed by atoms with Gasteiger partial charge in [-0.25, -0.2) is 4.79 Å². The maximum atomic E-state index is 12.8. The Balaban J connectivity index is 2.09. The lowest BCUT2D eigenvalue weighted by molar-refractivity contribution is -0.139. The lowest BCUT2D eigenvalue weighted by Gasteiger charge is -2.37. The minimum Gasteiger partial charge on any atom is -0.480 e. The van der Waals surface area contributed by atoms with Crippen LogP contribution in [0.1, 0.15) is 18.5 Å². The zero-order chi connectivity index (χ0) is 15.7. The highest BCUT2D eigenvalue weighted by molar-refractivity contribution is 6.08. The summed E-state index contributed by atoms with van der Waals surface area (Å²) in [5, 5.41) is 12.5. The molecule has 5 heteroatoms. The number of anilines is 2. The maximum absolute atomic E-state index is 12.8. The van der Waals surface area contributed by atoms with E-state index >= 15 is 0 Å². The molecule has 112 valence electrons. The van der Waals surface area contributed by atoms with Crippen molar-refractivity contribution >= 4 is 23.3 Å². The number of nitrogens with one attached hydrogen (secondary N) is 1. The van der Waals surface area contributed by atoms with Crippen molar-refractivity contribution in [1.82, 2.24) is 0 Å². The second-order valence-electron chi connectivity index (χ2n) is 5.23. The van der Waals surface area contributed by atoms with Crippen LogP contribution in [-0.4, -0.2) is 23.0 Å². The molecular formula is C17H16N2O3. The van der Waals surface area contributed by atoms with Crippen LogP contribution >= 0.6 is 0 Å². The number of rotatable bonds is 3. The van der Waals surface area contributed by atoms with Gasteiger partial charge in [-0.1, -0.05) is 42.5 Å². The number of para-hydroxylation sites is 2. The van der Waals surface area contributed by atoms with Crippen molar-refractivity contribution in [1.29, 1.82) is 0 Å². The number of hydrogen-bond donors (Lipinski definition) is 2. The van der Waals surface area contributed by atoms with Gasteiger partial charge >= 0.3 is 5.97 Å². The minimum absolute atomic E-state index is 0.264. The lowest BCUT2D eigenvalue weighted by Crippen LogP contribution is -2.49. The molecule has 2 N–H and O–H groups in total. The van der Waals surface area contributed by atoms with Gasteiger partial charge in [0.05, 0.1) is 11.4 Å². The van der Waals surface area contributed by atoms with Crippen molar-refractivity contribution < 1.29 is 14.7 Å². The molecule has 0 saturated carbocycles. The Morgan fingerprint density at radius 3 is 2.45 bits per heavy atom. The van der Waals surface area contributed by atoms with E-state index < -0.39 is 18.1 Å². The Bertz CT molecular complexity index is 715. The van der Waals surface area contributed by atoms with Crippen molar-refractivity contribution in [3.05, 3.63) is 60.2 Å². The Morgan fingerprint density at radius 2 is 1.77 bits per heavy atom. The van der Waals surface area contributed by atoms with Gasteiger partial charge in [0.2, 0.25) is 0 Å². The molecule has 2 aromatic rings. The molecule has 0 radical (unpaired) electrons. The fourth-order valence-electron chi connectivity index (χ4n) is 2.66. The highest BCUT2D eigenvalue weighted by Crippen LogP contribution is 2.37. The fourth-order valence-corrected chi connectivity index (χ4v) is 2.66. The standard InChI is InChI=1S/C17H16N2O3/c1-11(17(21)22)19-14-10-6-5-9-13(14)18-15(16(19)20)12-7-3-2-4-8-12/h2-11,15,18H,1H3,(H,21,22). The molecule has 1 aliphatic rings. The summed E-state index contributed by atoms with van der Waals surface area (Å²) in [7, 11) is 0. The second-order valence-corrected chi connectivity index (χ2v) is 5.23. The number of aliphatic carboxylic acids is 1. The lowest BCUT2D eigenvalue weighted by atomic mass is 10.00. The molecule has 1 heterocycles. The molecule has 22 heavy (non-hydrogen) atoms. The van der Waals surface area contributed by atoms with Crippen molar-refractivity contribution in [2.45, 2.75) is 19.0 Å². The number of carbonyl (C=O) groups is 2. The first kappa shape index (κ1) is 14.1. The SMILES string of the molecule is CC(C(=O)O)N1C(=O)C(c2ccccc2)Nc2ccccc21. The van der Waals surface area contributed by atoms with Gasteiger partial charge in [0.1, 0.15) is 12.1 Å². The number of carboxylic acids is 1. The summed E-state index contributed by atoms with van der Waals surface area (Å²) in [6.07, 6.45) is 0. The average molecular weight is 296 g/mol. The predicted octanol–water partition coefficient (Wildman–Crippen LogP) is 2.66. The van der Waals surface area contributed by atoms with E-state index in [-0.39, 0.29) is 5.91 Å². The summed E-state index contributed by atoms with van der Waals surface area (Å²) in [5.41, 5.74) is 2.16. The number of carbonyl (C=O) groups excluding carboxylic acids is 1. The van der Waals surface area contributed by atoms with E-state index in [9.17, 15) is 14.7 Å². The van der Waals surface area contributed by atoms with Gasteiger partial charge in [0.25, 0.3) is 5.91 Å². The summed E-state index contributed by atoms with van der Waals surface area (Å²) in [4.78, 5) is 25.6. The third-order valence-corrected chi connectivity index (χ3v) is 3.83. The predicted molar refractivity (Wildman–Crippen MR) is 83.8 cm³/mol. The van der Waals surface area contributed by atoms with E-state index in [2.05, 4.69) is 5.32 Å². The van der Waals surface area contributed by atoms with Gasteiger partial charge in [0, 0.05) is 0 Å². The molecule has 3 rings (SSSR count). The van der Waals surface area contributed by atoms with Crippen molar-refractivity contribution in [2.24, 2.45) is 0 Å². The van der Waals surface area contributed by atoms with Crippen LogP contribution in [0, 0.1) is 0 Å². The first-order valence-electron chi connectivity index (χ1n) is 7.06. The molecule has 0 spiro atoms. The molecule has 1 aliphatic heterocycles. The number of benzene rings is 2. The number of fused-ring (bicyclic) bond motifs is 1. The van der Waals surface area contributed by atoms with Crippen molar-refractivity contribution in [3.8, 4) is 0 Å². The highest BCUT2D eigenvalue weighted by Gasteiger charge is 2.38. The molecular weight excluding hydrogens is 280 g/mol.